The van der Waals surface area contributed by atoms with Gasteiger partial charge in [-0.15, -0.1) is 0 Å². The molecule has 0 radical (unpaired) electrons. The molecule has 4 nitrogen and oxygen atoms in total. The van der Waals surface area contributed by atoms with Gasteiger partial charge in [-0.3, -0.25) is 0 Å². The van der Waals surface area contributed by atoms with Crippen molar-refractivity contribution in [3.63, 3.8) is 0 Å². The zero-order valence-corrected chi connectivity index (χ0v) is 15.4. The van der Waals surface area contributed by atoms with Crippen molar-refractivity contribution >= 4 is 11.1 Å². The number of halogens is 2. The van der Waals surface area contributed by atoms with Gasteiger partial charge in [-0.25, -0.2) is 13.8 Å². The first-order chi connectivity index (χ1) is 12.6. The minimum Gasteiger partial charge on any atom is -0.336 e. The lowest BCUT2D eigenvalue weighted by Crippen LogP contribution is -2.37. The van der Waals surface area contributed by atoms with E-state index in [4.69, 9.17) is 4.52 Å². The molecule has 0 unspecified atom stereocenters. The van der Waals surface area contributed by atoms with E-state index in [2.05, 4.69) is 15.0 Å². The average molecular weight is 363 g/mol. The van der Waals surface area contributed by atoms with Crippen LogP contribution in [-0.2, 0) is 0 Å². The van der Waals surface area contributed by atoms with Crippen LogP contribution in [0.25, 0.3) is 11.1 Å². The first-order valence-corrected chi connectivity index (χ1v) is 9.89. The van der Waals surface area contributed by atoms with Crippen LogP contribution >= 0.6 is 0 Å². The zero-order chi connectivity index (χ0) is 18.1. The van der Waals surface area contributed by atoms with Gasteiger partial charge in [0.15, 0.2) is 0 Å². The minimum atomic E-state index is -2.54. The molecule has 1 saturated heterocycles. The molecule has 1 saturated carbocycles. The van der Waals surface area contributed by atoms with Gasteiger partial charge < -0.3 is 9.42 Å². The van der Waals surface area contributed by atoms with E-state index in [-0.39, 0.29) is 17.2 Å². The molecule has 2 aliphatic rings. The third kappa shape index (κ3) is 3.61. The van der Waals surface area contributed by atoms with E-state index in [9.17, 15) is 8.78 Å². The summed E-state index contributed by atoms with van der Waals surface area (Å²) in [5, 5.41) is 4.20. The molecule has 2 aromatic rings. The Morgan fingerprint density at radius 3 is 2.58 bits per heavy atom. The van der Waals surface area contributed by atoms with Crippen LogP contribution in [0.2, 0.25) is 0 Å². The molecule has 3 heterocycles. The van der Waals surface area contributed by atoms with Gasteiger partial charge in [-0.1, -0.05) is 24.4 Å². The third-order valence-corrected chi connectivity index (χ3v) is 6.15. The highest BCUT2D eigenvalue weighted by Gasteiger charge is 2.27. The Labute approximate surface area is 152 Å². The summed E-state index contributed by atoms with van der Waals surface area (Å²) < 4.78 is 32.2. The van der Waals surface area contributed by atoms with Crippen molar-refractivity contribution in [1.29, 1.82) is 0 Å². The number of aromatic nitrogens is 2. The molecule has 0 N–H and O–H groups in total. The van der Waals surface area contributed by atoms with Crippen molar-refractivity contribution in [2.75, 3.05) is 19.6 Å². The lowest BCUT2D eigenvalue weighted by Gasteiger charge is -2.35. The Morgan fingerprint density at radius 2 is 1.88 bits per heavy atom. The number of alkyl halides is 2. The molecule has 6 heteroatoms. The molecule has 0 aromatic carbocycles. The Balaban J connectivity index is 1.45. The molecule has 4 rings (SSSR count). The molecule has 142 valence electrons. The fourth-order valence-corrected chi connectivity index (χ4v) is 4.67. The number of pyridine rings is 1. The van der Waals surface area contributed by atoms with Gasteiger partial charge in [0.2, 0.25) is 0 Å². The second-order valence-electron chi connectivity index (χ2n) is 7.96. The number of rotatable bonds is 4. The first kappa shape index (κ1) is 17.8. The van der Waals surface area contributed by atoms with Gasteiger partial charge >= 0.3 is 0 Å². The summed E-state index contributed by atoms with van der Waals surface area (Å²) in [6.07, 6.45) is 6.27. The smallest absolute Gasteiger partial charge is 0.264 e. The number of hydrogen-bond donors (Lipinski definition) is 0. The van der Waals surface area contributed by atoms with Crippen LogP contribution in [0, 0.1) is 12.8 Å². The number of likely N-dealkylation sites (tertiary alicyclic amines) is 1. The quantitative estimate of drug-likeness (QED) is 0.746. The summed E-state index contributed by atoms with van der Waals surface area (Å²) in [6, 6.07) is 1.58. The molecule has 1 aliphatic carbocycles. The largest absolute Gasteiger partial charge is 0.336 e. The predicted octanol–water partition coefficient (Wildman–Crippen LogP) is 5.23. The molecule has 1 aliphatic heterocycles. The zero-order valence-electron chi connectivity index (χ0n) is 15.4. The fraction of sp³-hybridized carbons (Fsp3) is 0.700. The van der Waals surface area contributed by atoms with Crippen molar-refractivity contribution in [2.24, 2.45) is 5.92 Å². The predicted molar refractivity (Wildman–Crippen MR) is 96.5 cm³/mol. The van der Waals surface area contributed by atoms with Crippen LogP contribution in [-0.4, -0.2) is 34.7 Å². The lowest BCUT2D eigenvalue weighted by molar-refractivity contribution is 0.152. The van der Waals surface area contributed by atoms with Crippen molar-refractivity contribution in [3.8, 4) is 0 Å². The maximum absolute atomic E-state index is 13.5. The summed E-state index contributed by atoms with van der Waals surface area (Å²) in [6.45, 7) is 4.94. The van der Waals surface area contributed by atoms with Gasteiger partial charge in [0.1, 0.15) is 0 Å². The average Bonchev–Trinajstić information content (AvgIpc) is 3.03. The van der Waals surface area contributed by atoms with Crippen molar-refractivity contribution in [3.05, 3.63) is 23.0 Å². The molecular formula is C20H27F2N3O. The summed E-state index contributed by atoms with van der Waals surface area (Å²) >= 11 is 0. The number of hydrogen-bond acceptors (Lipinski definition) is 4. The Hall–Kier alpha value is -1.56. The van der Waals surface area contributed by atoms with Crippen LogP contribution in [0.15, 0.2) is 10.6 Å². The highest BCUT2D eigenvalue weighted by molar-refractivity contribution is 5.80. The fourth-order valence-electron chi connectivity index (χ4n) is 4.67. The van der Waals surface area contributed by atoms with Gasteiger partial charge in [0, 0.05) is 23.7 Å². The van der Waals surface area contributed by atoms with E-state index in [1.807, 2.05) is 0 Å². The SMILES string of the molecule is Cc1noc2nc(C3CCN(CC4CCCCC4)CC3)cc(C(F)F)c12. The standard InChI is InChI=1S/C20H27F2N3O/c1-13-18-16(19(21)22)11-17(23-20(18)26-24-13)15-7-9-25(10-8-15)12-14-5-3-2-4-6-14/h11,14-15,19H,2-10,12H2,1H3. The monoisotopic (exact) mass is 363 g/mol. The van der Waals surface area contributed by atoms with Gasteiger partial charge in [-0.2, -0.15) is 0 Å². The Morgan fingerprint density at radius 1 is 1.15 bits per heavy atom. The van der Waals surface area contributed by atoms with Gasteiger partial charge in [0.05, 0.1) is 11.1 Å². The lowest BCUT2D eigenvalue weighted by atomic mass is 9.87. The molecule has 0 amide bonds. The van der Waals surface area contributed by atoms with E-state index >= 15 is 0 Å². The van der Waals surface area contributed by atoms with Crippen LogP contribution in [0.1, 0.15) is 74.2 Å². The normalized spacial score (nSPS) is 21.1. The maximum Gasteiger partial charge on any atom is 0.264 e. The van der Waals surface area contributed by atoms with Crippen molar-refractivity contribution < 1.29 is 13.3 Å². The number of aryl methyl sites for hydroxylation is 1. The van der Waals surface area contributed by atoms with E-state index in [1.54, 1.807) is 13.0 Å². The maximum atomic E-state index is 13.5. The topological polar surface area (TPSA) is 42.2 Å². The summed E-state index contributed by atoms with van der Waals surface area (Å²) in [5.74, 6) is 1.07. The first-order valence-electron chi connectivity index (χ1n) is 9.89. The second-order valence-corrected chi connectivity index (χ2v) is 7.96. The highest BCUT2D eigenvalue weighted by atomic mass is 19.3. The van der Waals surface area contributed by atoms with Crippen LogP contribution in [0.4, 0.5) is 8.78 Å². The van der Waals surface area contributed by atoms with Crippen molar-refractivity contribution in [2.45, 2.75) is 64.2 Å². The van der Waals surface area contributed by atoms with Crippen molar-refractivity contribution in [1.82, 2.24) is 15.0 Å². The van der Waals surface area contributed by atoms with E-state index in [1.165, 1.54) is 38.6 Å². The van der Waals surface area contributed by atoms with Crippen LogP contribution in [0.5, 0.6) is 0 Å². The molecule has 0 spiro atoms. The molecule has 2 fully saturated rings. The number of fused-ring (bicyclic) bond motifs is 1. The Bertz CT molecular complexity index is 747. The molecular weight excluding hydrogens is 336 g/mol. The van der Waals surface area contributed by atoms with Crippen LogP contribution < -0.4 is 0 Å². The molecule has 26 heavy (non-hydrogen) atoms. The number of piperidine rings is 1. The van der Waals surface area contributed by atoms with Gasteiger partial charge in [-0.05, 0) is 57.7 Å². The summed E-state index contributed by atoms with van der Waals surface area (Å²) in [5.41, 5.74) is 1.48. The van der Waals surface area contributed by atoms with E-state index < -0.39 is 6.43 Å². The molecule has 0 bridgehead atoms. The Kier molecular flexibility index (Phi) is 5.20. The van der Waals surface area contributed by atoms with Gasteiger partial charge in [0.25, 0.3) is 12.1 Å². The summed E-state index contributed by atoms with van der Waals surface area (Å²) in [7, 11) is 0. The summed E-state index contributed by atoms with van der Waals surface area (Å²) in [4.78, 5) is 7.08. The molecule has 0 atom stereocenters. The van der Waals surface area contributed by atoms with E-state index in [0.717, 1.165) is 37.5 Å². The second kappa shape index (κ2) is 7.59. The van der Waals surface area contributed by atoms with E-state index in [0.29, 0.717) is 11.1 Å². The number of nitrogens with zero attached hydrogens (tertiary/aromatic N) is 3. The third-order valence-electron chi connectivity index (χ3n) is 6.15. The molecule has 2 aromatic heterocycles. The van der Waals surface area contributed by atoms with Crippen LogP contribution in [0.3, 0.4) is 0 Å². The highest BCUT2D eigenvalue weighted by Crippen LogP contribution is 2.35. The minimum absolute atomic E-state index is 0.00776.